The number of pyridine rings is 1. The van der Waals surface area contributed by atoms with Crippen molar-refractivity contribution in [3.05, 3.63) is 23.4 Å². The van der Waals surface area contributed by atoms with Crippen LogP contribution >= 0.6 is 0 Å². The minimum Gasteiger partial charge on any atom is -0.370 e. The Hall–Kier alpha value is -1.09. The van der Waals surface area contributed by atoms with Crippen LogP contribution in [0.2, 0.25) is 0 Å². The fraction of sp³-hybridized carbons (Fsp3) is 0.545. The third-order valence-electron chi connectivity index (χ3n) is 2.20. The van der Waals surface area contributed by atoms with E-state index in [4.69, 9.17) is 5.73 Å². The van der Waals surface area contributed by atoms with E-state index in [1.807, 2.05) is 19.2 Å². The Labute approximate surface area is 85.7 Å². The van der Waals surface area contributed by atoms with Gasteiger partial charge in [0.05, 0.1) is 0 Å². The minimum absolute atomic E-state index is 0.0581. The van der Waals surface area contributed by atoms with Crippen LogP contribution in [0.4, 0.5) is 5.82 Å². The lowest BCUT2D eigenvalue weighted by atomic mass is 10.1. The van der Waals surface area contributed by atoms with Crippen molar-refractivity contribution in [2.75, 3.05) is 11.9 Å². The molecule has 0 amide bonds. The van der Waals surface area contributed by atoms with Crippen LogP contribution in [-0.4, -0.2) is 11.5 Å². The van der Waals surface area contributed by atoms with Crippen molar-refractivity contribution < 1.29 is 0 Å². The molecule has 0 aliphatic heterocycles. The average Bonchev–Trinajstić information content (AvgIpc) is 2.14. The fourth-order valence-corrected chi connectivity index (χ4v) is 1.39. The quantitative estimate of drug-likeness (QED) is 0.771. The first-order valence-corrected chi connectivity index (χ1v) is 5.11. The maximum Gasteiger partial charge on any atom is 0.126 e. The van der Waals surface area contributed by atoms with E-state index in [2.05, 4.69) is 24.1 Å². The number of rotatable bonds is 4. The molecular formula is C11H19N3. The molecule has 0 aliphatic carbocycles. The van der Waals surface area contributed by atoms with Gasteiger partial charge in [-0.3, -0.25) is 0 Å². The Bertz CT molecular complexity index is 295. The van der Waals surface area contributed by atoms with Gasteiger partial charge in [-0.2, -0.15) is 0 Å². The zero-order valence-electron chi connectivity index (χ0n) is 9.17. The molecule has 0 saturated carbocycles. The average molecular weight is 193 g/mol. The molecule has 0 unspecified atom stereocenters. The van der Waals surface area contributed by atoms with Crippen LogP contribution in [-0.2, 0) is 0 Å². The van der Waals surface area contributed by atoms with Crippen molar-refractivity contribution in [2.45, 2.75) is 33.2 Å². The van der Waals surface area contributed by atoms with Crippen LogP contribution in [0.5, 0.6) is 0 Å². The molecule has 1 heterocycles. The van der Waals surface area contributed by atoms with E-state index in [0.717, 1.165) is 24.3 Å². The highest BCUT2D eigenvalue weighted by Gasteiger charge is 2.04. The van der Waals surface area contributed by atoms with Gasteiger partial charge in [-0.15, -0.1) is 0 Å². The monoisotopic (exact) mass is 193 g/mol. The van der Waals surface area contributed by atoms with Gasteiger partial charge >= 0.3 is 0 Å². The Morgan fingerprint density at radius 2 is 2.29 bits per heavy atom. The highest BCUT2D eigenvalue weighted by molar-refractivity contribution is 5.41. The van der Waals surface area contributed by atoms with Crippen LogP contribution in [0.1, 0.15) is 37.4 Å². The van der Waals surface area contributed by atoms with Gasteiger partial charge in [-0.25, -0.2) is 4.98 Å². The number of hydrogen-bond donors (Lipinski definition) is 2. The molecule has 3 N–H and O–H groups in total. The van der Waals surface area contributed by atoms with Crippen LogP contribution in [0.15, 0.2) is 12.3 Å². The summed E-state index contributed by atoms with van der Waals surface area (Å²) in [5, 5.41) is 3.25. The summed E-state index contributed by atoms with van der Waals surface area (Å²) in [5.41, 5.74) is 8.12. The summed E-state index contributed by atoms with van der Waals surface area (Å²) in [5.74, 6) is 0.939. The normalized spacial score (nSPS) is 12.6. The molecule has 0 spiro atoms. The molecule has 0 radical (unpaired) electrons. The van der Waals surface area contributed by atoms with Crippen LogP contribution < -0.4 is 11.1 Å². The summed E-state index contributed by atoms with van der Waals surface area (Å²) in [7, 11) is 0. The topological polar surface area (TPSA) is 50.9 Å². The van der Waals surface area contributed by atoms with Crippen molar-refractivity contribution in [2.24, 2.45) is 5.73 Å². The number of anilines is 1. The first-order valence-electron chi connectivity index (χ1n) is 5.11. The Morgan fingerprint density at radius 3 is 2.79 bits per heavy atom. The second-order valence-corrected chi connectivity index (χ2v) is 3.64. The second-order valence-electron chi connectivity index (χ2n) is 3.64. The number of nitrogens with two attached hydrogens (primary N) is 1. The maximum atomic E-state index is 5.80. The molecule has 1 aromatic heterocycles. The molecule has 14 heavy (non-hydrogen) atoms. The lowest BCUT2D eigenvalue weighted by Gasteiger charge is -2.11. The number of aryl methyl sites for hydroxylation is 1. The van der Waals surface area contributed by atoms with Crippen LogP contribution in [0.3, 0.4) is 0 Å². The van der Waals surface area contributed by atoms with E-state index in [9.17, 15) is 0 Å². The van der Waals surface area contributed by atoms with E-state index < -0.39 is 0 Å². The maximum absolute atomic E-state index is 5.80. The van der Waals surface area contributed by atoms with Gasteiger partial charge in [0.1, 0.15) is 5.82 Å². The minimum atomic E-state index is 0.0581. The van der Waals surface area contributed by atoms with Gasteiger partial charge in [-0.05, 0) is 37.5 Å². The highest BCUT2D eigenvalue weighted by Crippen LogP contribution is 2.16. The Kier molecular flexibility index (Phi) is 3.89. The molecule has 1 aromatic rings. The zero-order chi connectivity index (χ0) is 10.6. The van der Waals surface area contributed by atoms with Gasteiger partial charge in [0.25, 0.3) is 0 Å². The lowest BCUT2D eigenvalue weighted by molar-refractivity contribution is 0.802. The molecule has 3 heteroatoms. The SMILES string of the molecule is CCCNc1cc(C)c([C@@H](C)N)cn1. The van der Waals surface area contributed by atoms with E-state index in [0.29, 0.717) is 0 Å². The molecule has 1 rings (SSSR count). The van der Waals surface area contributed by atoms with Gasteiger partial charge in [0.15, 0.2) is 0 Å². The van der Waals surface area contributed by atoms with Crippen molar-refractivity contribution >= 4 is 5.82 Å². The van der Waals surface area contributed by atoms with E-state index in [1.54, 1.807) is 0 Å². The first-order chi connectivity index (χ1) is 6.65. The number of hydrogen-bond acceptors (Lipinski definition) is 3. The van der Waals surface area contributed by atoms with Crippen molar-refractivity contribution in [3.63, 3.8) is 0 Å². The Balaban J connectivity index is 2.78. The van der Waals surface area contributed by atoms with Gasteiger partial charge in [0.2, 0.25) is 0 Å². The fourth-order valence-electron chi connectivity index (χ4n) is 1.39. The van der Waals surface area contributed by atoms with Crippen molar-refractivity contribution in [1.29, 1.82) is 0 Å². The molecule has 0 aromatic carbocycles. The molecular weight excluding hydrogens is 174 g/mol. The molecule has 0 bridgehead atoms. The van der Waals surface area contributed by atoms with Gasteiger partial charge in [-0.1, -0.05) is 6.92 Å². The summed E-state index contributed by atoms with van der Waals surface area (Å²) < 4.78 is 0. The van der Waals surface area contributed by atoms with Crippen molar-refractivity contribution in [3.8, 4) is 0 Å². The third kappa shape index (κ3) is 2.70. The summed E-state index contributed by atoms with van der Waals surface area (Å²) in [6, 6.07) is 2.11. The molecule has 78 valence electrons. The van der Waals surface area contributed by atoms with Crippen molar-refractivity contribution in [1.82, 2.24) is 4.98 Å². The van der Waals surface area contributed by atoms with E-state index in [-0.39, 0.29) is 6.04 Å². The number of nitrogens with one attached hydrogen (secondary N) is 1. The zero-order valence-corrected chi connectivity index (χ0v) is 9.17. The van der Waals surface area contributed by atoms with Gasteiger partial charge < -0.3 is 11.1 Å². The highest BCUT2D eigenvalue weighted by atomic mass is 15.0. The molecule has 0 aliphatic rings. The third-order valence-corrected chi connectivity index (χ3v) is 2.20. The predicted molar refractivity (Wildman–Crippen MR) is 60.4 cm³/mol. The Morgan fingerprint density at radius 1 is 1.57 bits per heavy atom. The molecule has 1 atom stereocenters. The summed E-state index contributed by atoms with van der Waals surface area (Å²) >= 11 is 0. The number of aromatic nitrogens is 1. The van der Waals surface area contributed by atoms with Gasteiger partial charge in [0, 0.05) is 18.8 Å². The summed E-state index contributed by atoms with van der Waals surface area (Å²) in [6.07, 6.45) is 2.97. The number of nitrogens with zero attached hydrogens (tertiary/aromatic N) is 1. The summed E-state index contributed by atoms with van der Waals surface area (Å²) in [4.78, 5) is 4.31. The lowest BCUT2D eigenvalue weighted by Crippen LogP contribution is -2.09. The molecule has 0 fully saturated rings. The predicted octanol–water partition coefficient (Wildman–Crippen LogP) is 2.23. The van der Waals surface area contributed by atoms with E-state index >= 15 is 0 Å². The van der Waals surface area contributed by atoms with Crippen LogP contribution in [0, 0.1) is 6.92 Å². The largest absolute Gasteiger partial charge is 0.370 e. The van der Waals surface area contributed by atoms with E-state index in [1.165, 1.54) is 5.56 Å². The second kappa shape index (κ2) is 4.96. The molecule has 3 nitrogen and oxygen atoms in total. The smallest absolute Gasteiger partial charge is 0.126 e. The molecule has 0 saturated heterocycles. The summed E-state index contributed by atoms with van der Waals surface area (Å²) in [6.45, 7) is 7.14. The van der Waals surface area contributed by atoms with Crippen LogP contribution in [0.25, 0.3) is 0 Å². The standard InChI is InChI=1S/C11H19N3/c1-4-5-13-11-6-8(2)10(7-14-11)9(3)12/h6-7,9H,4-5,12H2,1-3H3,(H,13,14)/t9-/m1/s1. The first kappa shape index (κ1) is 11.0.